The van der Waals surface area contributed by atoms with E-state index in [1.54, 1.807) is 13.0 Å². The van der Waals surface area contributed by atoms with Gasteiger partial charge in [0.1, 0.15) is 0 Å². The van der Waals surface area contributed by atoms with Crippen LogP contribution >= 0.6 is 0 Å². The van der Waals surface area contributed by atoms with Crippen molar-refractivity contribution < 1.29 is 23.8 Å². The second-order valence-corrected chi connectivity index (χ2v) is 6.32. The van der Waals surface area contributed by atoms with E-state index < -0.39 is 12.1 Å². The second-order valence-electron chi connectivity index (χ2n) is 6.32. The molecule has 0 aromatic heterocycles. The number of nitrogens with one attached hydrogen (secondary N) is 1. The van der Waals surface area contributed by atoms with E-state index >= 15 is 0 Å². The molecule has 6 nitrogen and oxygen atoms in total. The Morgan fingerprint density at radius 1 is 1.27 bits per heavy atom. The van der Waals surface area contributed by atoms with Gasteiger partial charge in [0.15, 0.2) is 24.2 Å². The van der Waals surface area contributed by atoms with Crippen molar-refractivity contribution in [3.8, 4) is 11.5 Å². The molecular formula is C20H27NO5. The fourth-order valence-corrected chi connectivity index (χ4v) is 2.91. The Labute approximate surface area is 154 Å². The van der Waals surface area contributed by atoms with Gasteiger partial charge in [0.25, 0.3) is 5.91 Å². The lowest BCUT2D eigenvalue weighted by Crippen LogP contribution is -2.41. The Hall–Kier alpha value is -2.50. The first-order valence-electron chi connectivity index (χ1n) is 8.97. The SMILES string of the molecule is C/C=C/c1ccc(OCC(=O)O[C@H](C)C(=O)NC2CCCC2)c(OC)c1. The minimum Gasteiger partial charge on any atom is -0.493 e. The molecule has 0 spiro atoms. The van der Waals surface area contributed by atoms with Crippen molar-refractivity contribution in [3.05, 3.63) is 29.8 Å². The Morgan fingerprint density at radius 3 is 2.65 bits per heavy atom. The molecular weight excluding hydrogens is 334 g/mol. The monoisotopic (exact) mass is 361 g/mol. The summed E-state index contributed by atoms with van der Waals surface area (Å²) >= 11 is 0. The number of rotatable bonds is 8. The molecule has 2 rings (SSSR count). The molecule has 1 aromatic rings. The Kier molecular flexibility index (Phi) is 7.51. The maximum atomic E-state index is 12.1. The van der Waals surface area contributed by atoms with Crippen LogP contribution in [0.5, 0.6) is 11.5 Å². The molecule has 0 unspecified atom stereocenters. The third-order valence-corrected chi connectivity index (χ3v) is 4.27. The molecule has 1 N–H and O–H groups in total. The van der Waals surface area contributed by atoms with E-state index in [2.05, 4.69) is 5.32 Å². The Morgan fingerprint density at radius 2 is 2.00 bits per heavy atom. The first-order valence-corrected chi connectivity index (χ1v) is 8.97. The van der Waals surface area contributed by atoms with Gasteiger partial charge in [-0.1, -0.05) is 31.1 Å². The highest BCUT2D eigenvalue weighted by atomic mass is 16.6. The number of methoxy groups -OCH3 is 1. The van der Waals surface area contributed by atoms with Crippen molar-refractivity contribution in [3.63, 3.8) is 0 Å². The summed E-state index contributed by atoms with van der Waals surface area (Å²) in [6, 6.07) is 5.61. The van der Waals surface area contributed by atoms with Crippen LogP contribution in [0.1, 0.15) is 45.1 Å². The van der Waals surface area contributed by atoms with Crippen LogP contribution in [0.25, 0.3) is 6.08 Å². The van der Waals surface area contributed by atoms with Crippen LogP contribution in [0, 0.1) is 0 Å². The zero-order valence-electron chi connectivity index (χ0n) is 15.6. The quantitative estimate of drug-likeness (QED) is 0.720. The minimum absolute atomic E-state index is 0.194. The molecule has 6 heteroatoms. The second kappa shape index (κ2) is 9.85. The fourth-order valence-electron chi connectivity index (χ4n) is 2.91. The summed E-state index contributed by atoms with van der Waals surface area (Å²) in [5.41, 5.74) is 0.969. The van der Waals surface area contributed by atoms with Crippen molar-refractivity contribution >= 4 is 18.0 Å². The smallest absolute Gasteiger partial charge is 0.344 e. The third kappa shape index (κ3) is 5.79. The zero-order chi connectivity index (χ0) is 18.9. The van der Waals surface area contributed by atoms with Gasteiger partial charge in [-0.25, -0.2) is 4.79 Å². The van der Waals surface area contributed by atoms with Gasteiger partial charge in [-0.2, -0.15) is 0 Å². The van der Waals surface area contributed by atoms with Gasteiger partial charge >= 0.3 is 5.97 Å². The van der Waals surface area contributed by atoms with Gasteiger partial charge in [-0.05, 0) is 44.4 Å². The maximum absolute atomic E-state index is 12.1. The van der Waals surface area contributed by atoms with Crippen LogP contribution in [0.4, 0.5) is 0 Å². The molecule has 142 valence electrons. The van der Waals surface area contributed by atoms with Gasteiger partial charge in [0, 0.05) is 6.04 Å². The van der Waals surface area contributed by atoms with E-state index in [9.17, 15) is 9.59 Å². The number of carbonyl (C=O) groups excluding carboxylic acids is 2. The molecule has 1 aromatic carbocycles. The molecule has 1 saturated carbocycles. The van der Waals surface area contributed by atoms with E-state index in [1.807, 2.05) is 31.2 Å². The highest BCUT2D eigenvalue weighted by Crippen LogP contribution is 2.28. The van der Waals surface area contributed by atoms with E-state index in [1.165, 1.54) is 7.11 Å². The van der Waals surface area contributed by atoms with Gasteiger partial charge in [0.05, 0.1) is 7.11 Å². The number of hydrogen-bond acceptors (Lipinski definition) is 5. The normalized spacial score (nSPS) is 15.7. The summed E-state index contributed by atoms with van der Waals surface area (Å²) in [7, 11) is 1.54. The first-order chi connectivity index (χ1) is 12.5. The summed E-state index contributed by atoms with van der Waals surface area (Å²) in [5, 5.41) is 2.91. The molecule has 1 aliphatic carbocycles. The predicted molar refractivity (Wildman–Crippen MR) is 99.1 cm³/mol. The standard InChI is InChI=1S/C20H27NO5/c1-4-7-15-10-11-17(18(12-15)24-3)25-13-19(22)26-14(2)20(23)21-16-8-5-6-9-16/h4,7,10-12,14,16H,5-6,8-9,13H2,1-3H3,(H,21,23)/b7-4+/t14-/m1/s1. The van der Waals surface area contributed by atoms with Crippen LogP contribution in [-0.4, -0.2) is 37.7 Å². The van der Waals surface area contributed by atoms with E-state index in [4.69, 9.17) is 14.2 Å². The molecule has 1 amide bonds. The number of carbonyl (C=O) groups is 2. The number of hydrogen-bond donors (Lipinski definition) is 1. The molecule has 1 atom stereocenters. The van der Waals surface area contributed by atoms with Crippen molar-refractivity contribution in [2.75, 3.05) is 13.7 Å². The van der Waals surface area contributed by atoms with Crippen LogP contribution < -0.4 is 14.8 Å². The lowest BCUT2D eigenvalue weighted by atomic mass is 10.2. The molecule has 0 radical (unpaired) electrons. The fraction of sp³-hybridized carbons (Fsp3) is 0.500. The third-order valence-electron chi connectivity index (χ3n) is 4.27. The number of ether oxygens (including phenoxy) is 3. The van der Waals surface area contributed by atoms with Gasteiger partial charge in [0.2, 0.25) is 0 Å². The highest BCUT2D eigenvalue weighted by molar-refractivity contribution is 5.84. The zero-order valence-corrected chi connectivity index (χ0v) is 15.6. The van der Waals surface area contributed by atoms with Crippen molar-refractivity contribution in [2.24, 2.45) is 0 Å². The summed E-state index contributed by atoms with van der Waals surface area (Å²) < 4.78 is 15.9. The van der Waals surface area contributed by atoms with Crippen molar-refractivity contribution in [1.82, 2.24) is 5.32 Å². The summed E-state index contributed by atoms with van der Waals surface area (Å²) in [5.74, 6) is 0.110. The summed E-state index contributed by atoms with van der Waals surface area (Å²) in [6.45, 7) is 3.20. The molecule has 0 saturated heterocycles. The van der Waals surface area contributed by atoms with Gasteiger partial charge in [-0.3, -0.25) is 4.79 Å². The average Bonchev–Trinajstić information content (AvgIpc) is 3.13. The molecule has 0 aliphatic heterocycles. The summed E-state index contributed by atoms with van der Waals surface area (Å²) in [6.07, 6.45) is 7.24. The molecule has 1 fully saturated rings. The molecule has 0 bridgehead atoms. The lowest BCUT2D eigenvalue weighted by molar-refractivity contribution is -0.156. The highest BCUT2D eigenvalue weighted by Gasteiger charge is 2.23. The predicted octanol–water partition coefficient (Wildman–Crippen LogP) is 3.10. The molecule has 26 heavy (non-hydrogen) atoms. The van der Waals surface area contributed by atoms with Gasteiger partial charge in [-0.15, -0.1) is 0 Å². The number of allylic oxidation sites excluding steroid dienone is 1. The Balaban J connectivity index is 1.83. The van der Waals surface area contributed by atoms with Crippen molar-refractivity contribution in [2.45, 2.75) is 51.7 Å². The maximum Gasteiger partial charge on any atom is 0.344 e. The average molecular weight is 361 g/mol. The number of amides is 1. The van der Waals surface area contributed by atoms with Crippen LogP contribution in [0.15, 0.2) is 24.3 Å². The van der Waals surface area contributed by atoms with Crippen molar-refractivity contribution in [1.29, 1.82) is 0 Å². The van der Waals surface area contributed by atoms with E-state index in [0.717, 1.165) is 31.2 Å². The largest absolute Gasteiger partial charge is 0.493 e. The van der Waals surface area contributed by atoms with Gasteiger partial charge < -0.3 is 19.5 Å². The van der Waals surface area contributed by atoms with Crippen LogP contribution in [0.2, 0.25) is 0 Å². The minimum atomic E-state index is -0.842. The van der Waals surface area contributed by atoms with E-state index in [0.29, 0.717) is 11.5 Å². The summed E-state index contributed by atoms with van der Waals surface area (Å²) in [4.78, 5) is 24.0. The number of esters is 1. The lowest BCUT2D eigenvalue weighted by Gasteiger charge is -2.17. The Bertz CT molecular complexity index is 650. The van der Waals surface area contributed by atoms with E-state index in [-0.39, 0.29) is 18.6 Å². The van der Waals surface area contributed by atoms with Crippen LogP contribution in [0.3, 0.4) is 0 Å². The molecule has 1 aliphatic rings. The topological polar surface area (TPSA) is 73.9 Å². The number of benzene rings is 1. The first kappa shape index (κ1) is 19.8. The molecule has 0 heterocycles. The van der Waals surface area contributed by atoms with Crippen LogP contribution in [-0.2, 0) is 14.3 Å².